The van der Waals surface area contributed by atoms with Crippen molar-refractivity contribution in [2.75, 3.05) is 12.4 Å². The molecule has 21 heavy (non-hydrogen) atoms. The first kappa shape index (κ1) is 13.3. The third kappa shape index (κ3) is 2.26. The van der Waals surface area contributed by atoms with Crippen molar-refractivity contribution in [1.82, 2.24) is 19.4 Å². The number of aryl methyl sites for hydroxylation is 1. The van der Waals surface area contributed by atoms with Gasteiger partial charge in [0.2, 0.25) is 5.91 Å². The maximum Gasteiger partial charge on any atom is 0.251 e. The minimum atomic E-state index is -0.547. The lowest BCUT2D eigenvalue weighted by Crippen LogP contribution is -2.32. The number of carbonyl (C=O) groups excluding carboxylic acids is 2. The van der Waals surface area contributed by atoms with E-state index in [-0.39, 0.29) is 18.2 Å². The molecule has 2 aromatic heterocycles. The third-order valence-electron chi connectivity index (χ3n) is 3.55. The van der Waals surface area contributed by atoms with E-state index in [4.69, 9.17) is 0 Å². The van der Waals surface area contributed by atoms with E-state index in [1.165, 1.54) is 7.05 Å². The van der Waals surface area contributed by atoms with Crippen molar-refractivity contribution in [2.24, 2.45) is 0 Å². The average molecular weight is 285 g/mol. The van der Waals surface area contributed by atoms with Gasteiger partial charge in [-0.25, -0.2) is 9.97 Å². The van der Waals surface area contributed by atoms with E-state index in [0.717, 1.165) is 10.7 Å². The van der Waals surface area contributed by atoms with Crippen LogP contribution in [-0.4, -0.2) is 44.3 Å². The number of anilines is 1. The van der Waals surface area contributed by atoms with Gasteiger partial charge in [0.05, 0.1) is 12.1 Å². The Bertz CT molecular complexity index is 709. The molecule has 0 saturated carbocycles. The Kier molecular flexibility index (Phi) is 3.17. The maximum atomic E-state index is 12.0. The van der Waals surface area contributed by atoms with E-state index >= 15 is 0 Å². The topological polar surface area (TPSA) is 80.1 Å². The number of nitrogens with zero attached hydrogens (tertiary/aromatic N) is 4. The molecule has 1 unspecified atom stereocenters. The van der Waals surface area contributed by atoms with Gasteiger partial charge in [0.1, 0.15) is 11.9 Å². The summed E-state index contributed by atoms with van der Waals surface area (Å²) in [4.78, 5) is 33.2. The van der Waals surface area contributed by atoms with Crippen LogP contribution in [0.25, 0.3) is 5.82 Å². The molecule has 0 bridgehead atoms. The predicted molar refractivity (Wildman–Crippen MR) is 75.9 cm³/mol. The molecule has 1 saturated heterocycles. The minimum absolute atomic E-state index is 0.159. The second-order valence-electron chi connectivity index (χ2n) is 4.91. The molecule has 1 aliphatic rings. The normalized spacial score (nSPS) is 18.4. The molecule has 1 aliphatic heterocycles. The zero-order valence-electron chi connectivity index (χ0n) is 11.8. The van der Waals surface area contributed by atoms with Gasteiger partial charge < -0.3 is 5.32 Å². The van der Waals surface area contributed by atoms with Gasteiger partial charge in [-0.2, -0.15) is 0 Å². The summed E-state index contributed by atoms with van der Waals surface area (Å²) in [7, 11) is 1.50. The molecule has 3 heterocycles. The summed E-state index contributed by atoms with van der Waals surface area (Å²) in [6.07, 6.45) is 5.32. The zero-order valence-corrected chi connectivity index (χ0v) is 11.8. The maximum absolute atomic E-state index is 12.0. The van der Waals surface area contributed by atoms with Crippen LogP contribution in [0.5, 0.6) is 0 Å². The molecular weight excluding hydrogens is 270 g/mol. The first-order valence-corrected chi connectivity index (χ1v) is 6.60. The molecule has 0 aliphatic carbocycles. The minimum Gasteiger partial charge on any atom is -0.370 e. The highest BCUT2D eigenvalue weighted by Crippen LogP contribution is 2.22. The first-order valence-electron chi connectivity index (χ1n) is 6.60. The number of imidazole rings is 1. The number of aromatic nitrogens is 3. The number of nitrogens with one attached hydrogen (secondary N) is 1. The molecule has 2 aromatic rings. The number of carbonyl (C=O) groups is 2. The standard InChI is InChI=1S/C14H15N5O2/c1-9-15-6-7-19(9)13-10(4-3-5-16-13)17-11-8-12(20)18(2)14(11)21/h3-7,11,17H,8H2,1-2H3. The van der Waals surface area contributed by atoms with Crippen molar-refractivity contribution in [1.29, 1.82) is 0 Å². The fourth-order valence-corrected chi connectivity index (χ4v) is 2.36. The van der Waals surface area contributed by atoms with Gasteiger partial charge in [-0.1, -0.05) is 0 Å². The molecule has 7 nitrogen and oxygen atoms in total. The van der Waals surface area contributed by atoms with Crippen molar-refractivity contribution in [3.8, 4) is 5.82 Å². The Morgan fingerprint density at radius 1 is 1.29 bits per heavy atom. The Morgan fingerprint density at radius 2 is 2.10 bits per heavy atom. The van der Waals surface area contributed by atoms with Crippen LogP contribution in [0.1, 0.15) is 12.2 Å². The number of amides is 2. The van der Waals surface area contributed by atoms with E-state index in [0.29, 0.717) is 11.5 Å². The number of imide groups is 1. The van der Waals surface area contributed by atoms with Gasteiger partial charge in [0.25, 0.3) is 5.91 Å². The summed E-state index contributed by atoms with van der Waals surface area (Å²) in [5.74, 6) is 1.05. The van der Waals surface area contributed by atoms with E-state index in [1.54, 1.807) is 24.7 Å². The Hall–Kier alpha value is -2.70. The van der Waals surface area contributed by atoms with Crippen LogP contribution in [0.15, 0.2) is 30.7 Å². The molecule has 3 rings (SSSR count). The SMILES string of the molecule is Cc1nccn1-c1ncccc1NC1CC(=O)N(C)C1=O. The second-order valence-corrected chi connectivity index (χ2v) is 4.91. The number of likely N-dealkylation sites (N-methyl/N-ethyl adjacent to an activating group) is 1. The molecule has 0 radical (unpaired) electrons. The molecule has 0 spiro atoms. The lowest BCUT2D eigenvalue weighted by molar-refractivity contribution is -0.136. The summed E-state index contributed by atoms with van der Waals surface area (Å²) in [5, 5.41) is 3.11. The molecule has 1 N–H and O–H groups in total. The van der Waals surface area contributed by atoms with Crippen molar-refractivity contribution >= 4 is 17.5 Å². The Balaban J connectivity index is 1.92. The highest BCUT2D eigenvalue weighted by atomic mass is 16.2. The van der Waals surface area contributed by atoms with Crippen molar-refractivity contribution in [3.63, 3.8) is 0 Å². The molecule has 1 fully saturated rings. The van der Waals surface area contributed by atoms with Gasteiger partial charge in [0.15, 0.2) is 5.82 Å². The lowest BCUT2D eigenvalue weighted by Gasteiger charge is -2.16. The first-order chi connectivity index (χ1) is 10.1. The van der Waals surface area contributed by atoms with Gasteiger partial charge in [-0.15, -0.1) is 0 Å². The molecule has 7 heteroatoms. The number of likely N-dealkylation sites (tertiary alicyclic amines) is 1. The van der Waals surface area contributed by atoms with Gasteiger partial charge in [-0.3, -0.25) is 19.1 Å². The molecule has 1 atom stereocenters. The quantitative estimate of drug-likeness (QED) is 0.842. The fraction of sp³-hybridized carbons (Fsp3) is 0.286. The number of hydrogen-bond acceptors (Lipinski definition) is 5. The third-order valence-corrected chi connectivity index (χ3v) is 3.55. The van der Waals surface area contributed by atoms with Crippen LogP contribution in [-0.2, 0) is 9.59 Å². The van der Waals surface area contributed by atoms with Crippen LogP contribution >= 0.6 is 0 Å². The Labute approximate surface area is 121 Å². The molecule has 0 aromatic carbocycles. The largest absolute Gasteiger partial charge is 0.370 e. The van der Waals surface area contributed by atoms with Gasteiger partial charge in [-0.05, 0) is 19.1 Å². The van der Waals surface area contributed by atoms with E-state index in [9.17, 15) is 9.59 Å². The number of hydrogen-bond donors (Lipinski definition) is 1. The van der Waals surface area contributed by atoms with Crippen LogP contribution in [0, 0.1) is 6.92 Å². The summed E-state index contributed by atoms with van der Waals surface area (Å²) in [6.45, 7) is 1.87. The number of pyridine rings is 1. The molecule has 2 amide bonds. The molecule has 108 valence electrons. The monoisotopic (exact) mass is 285 g/mol. The summed E-state index contributed by atoms with van der Waals surface area (Å²) < 4.78 is 1.83. The molecular formula is C14H15N5O2. The van der Waals surface area contributed by atoms with Crippen LogP contribution in [0.4, 0.5) is 5.69 Å². The van der Waals surface area contributed by atoms with Gasteiger partial charge >= 0.3 is 0 Å². The second kappa shape index (κ2) is 5.01. The van der Waals surface area contributed by atoms with Crippen molar-refractivity contribution < 1.29 is 9.59 Å². The lowest BCUT2D eigenvalue weighted by atomic mass is 10.2. The van der Waals surface area contributed by atoms with Crippen molar-refractivity contribution in [3.05, 3.63) is 36.5 Å². The van der Waals surface area contributed by atoms with Crippen LogP contribution in [0.3, 0.4) is 0 Å². The van der Waals surface area contributed by atoms with E-state index in [1.807, 2.05) is 17.6 Å². The smallest absolute Gasteiger partial charge is 0.251 e. The number of rotatable bonds is 3. The fourth-order valence-electron chi connectivity index (χ4n) is 2.36. The van der Waals surface area contributed by atoms with Crippen LogP contribution in [0.2, 0.25) is 0 Å². The Morgan fingerprint density at radius 3 is 2.71 bits per heavy atom. The average Bonchev–Trinajstić information content (AvgIpc) is 3.00. The van der Waals surface area contributed by atoms with Gasteiger partial charge in [0, 0.05) is 25.6 Å². The highest BCUT2D eigenvalue weighted by Gasteiger charge is 2.36. The van der Waals surface area contributed by atoms with E-state index < -0.39 is 6.04 Å². The predicted octanol–water partition coefficient (Wildman–Crippen LogP) is 0.745. The van der Waals surface area contributed by atoms with Crippen molar-refractivity contribution in [2.45, 2.75) is 19.4 Å². The summed E-state index contributed by atoms with van der Waals surface area (Å²) in [5.41, 5.74) is 0.694. The zero-order chi connectivity index (χ0) is 15.0. The van der Waals surface area contributed by atoms with E-state index in [2.05, 4.69) is 15.3 Å². The highest BCUT2D eigenvalue weighted by molar-refractivity contribution is 6.06. The summed E-state index contributed by atoms with van der Waals surface area (Å²) in [6, 6.07) is 3.07. The van der Waals surface area contributed by atoms with Crippen LogP contribution < -0.4 is 5.32 Å². The summed E-state index contributed by atoms with van der Waals surface area (Å²) >= 11 is 0.